The lowest BCUT2D eigenvalue weighted by atomic mass is 9.95. The van der Waals surface area contributed by atoms with Crippen molar-refractivity contribution in [3.05, 3.63) is 34.4 Å². The number of nitriles is 1. The highest BCUT2D eigenvalue weighted by atomic mass is 35.5. The molecule has 0 amide bonds. The first kappa shape index (κ1) is 33.2. The molecule has 2 unspecified atom stereocenters. The molecule has 4 fully saturated rings. The summed E-state index contributed by atoms with van der Waals surface area (Å²) in [5, 5.41) is 9.87. The second-order valence-electron chi connectivity index (χ2n) is 14.1. The number of nitrogen functional groups attached to an aromatic ring is 1. The van der Waals surface area contributed by atoms with Crippen molar-refractivity contribution in [3.8, 4) is 29.0 Å². The fourth-order valence-electron chi connectivity index (χ4n) is 8.52. The molecule has 2 aromatic carbocycles. The average Bonchev–Trinajstić information content (AvgIpc) is 3.51. The van der Waals surface area contributed by atoms with E-state index in [0.717, 1.165) is 30.7 Å². The van der Waals surface area contributed by atoms with Crippen LogP contribution in [0.15, 0.2) is 12.1 Å². The Bertz CT molecular complexity index is 2280. The molecule has 2 aromatic heterocycles. The molecule has 17 heteroatoms. The van der Waals surface area contributed by atoms with Gasteiger partial charge < -0.3 is 20.1 Å². The van der Waals surface area contributed by atoms with Gasteiger partial charge in [-0.25, -0.2) is 21.6 Å². The lowest BCUT2D eigenvalue weighted by Gasteiger charge is -2.31. The minimum Gasteiger partial charge on any atom is -0.489 e. The number of anilines is 2. The maximum Gasteiger partial charge on any atom is 0.319 e. The van der Waals surface area contributed by atoms with Crippen molar-refractivity contribution < 1.29 is 31.1 Å². The molecular weight excluding hydrogens is 727 g/mol. The zero-order valence-corrected chi connectivity index (χ0v) is 29.7. The third-order valence-electron chi connectivity index (χ3n) is 11.1. The zero-order chi connectivity index (χ0) is 35.4. The molecule has 9 rings (SSSR count). The first-order valence-corrected chi connectivity index (χ1v) is 19.7. The number of sulfonamides is 1. The summed E-state index contributed by atoms with van der Waals surface area (Å²) in [6.07, 6.45) is 2.78. The van der Waals surface area contributed by atoms with Crippen LogP contribution in [0.3, 0.4) is 0 Å². The second-order valence-corrected chi connectivity index (χ2v) is 17.7. The Morgan fingerprint density at radius 3 is 2.76 bits per heavy atom. The van der Waals surface area contributed by atoms with Crippen LogP contribution < -0.4 is 20.1 Å². The normalized spacial score (nSPS) is 25.4. The topological polar surface area (TPSA) is 138 Å². The number of ether oxygens (including phenoxy) is 2. The van der Waals surface area contributed by atoms with Gasteiger partial charge in [-0.1, -0.05) is 17.7 Å². The smallest absolute Gasteiger partial charge is 0.319 e. The van der Waals surface area contributed by atoms with Crippen LogP contribution in [0.25, 0.3) is 32.1 Å². The van der Waals surface area contributed by atoms with E-state index in [1.165, 1.54) is 16.4 Å². The van der Waals surface area contributed by atoms with Crippen LogP contribution in [0.5, 0.6) is 11.8 Å². The van der Waals surface area contributed by atoms with Gasteiger partial charge in [-0.2, -0.15) is 19.5 Å². The average molecular weight is 760 g/mol. The lowest BCUT2D eigenvalue weighted by molar-refractivity contribution is 0.107. The fourth-order valence-corrected chi connectivity index (χ4v) is 11.7. The van der Waals surface area contributed by atoms with E-state index in [1.54, 1.807) is 0 Å². The van der Waals surface area contributed by atoms with Gasteiger partial charge in [0.05, 0.1) is 38.0 Å². The number of nitrogens with two attached hydrogens (primary N) is 1. The van der Waals surface area contributed by atoms with E-state index in [0.29, 0.717) is 38.8 Å². The summed E-state index contributed by atoms with van der Waals surface area (Å²) in [4.78, 5) is 13.4. The van der Waals surface area contributed by atoms with Gasteiger partial charge in [0.25, 0.3) is 0 Å². The monoisotopic (exact) mass is 759 g/mol. The van der Waals surface area contributed by atoms with E-state index < -0.39 is 33.4 Å². The number of nitrogens with zero attached hydrogens (tertiary/aromatic N) is 6. The van der Waals surface area contributed by atoms with Gasteiger partial charge >= 0.3 is 6.01 Å². The van der Waals surface area contributed by atoms with Crippen molar-refractivity contribution >= 4 is 64.8 Å². The number of hydrogen-bond acceptors (Lipinski definition) is 11. The summed E-state index contributed by atoms with van der Waals surface area (Å²) in [5.41, 5.74) is 5.39. The number of benzene rings is 2. The molecule has 3 saturated heterocycles. The van der Waals surface area contributed by atoms with E-state index in [-0.39, 0.29) is 103 Å². The number of aromatic nitrogens is 2. The van der Waals surface area contributed by atoms with Gasteiger partial charge in [0.1, 0.15) is 47.6 Å². The second kappa shape index (κ2) is 12.0. The van der Waals surface area contributed by atoms with Crippen molar-refractivity contribution in [1.29, 1.82) is 5.26 Å². The maximum absolute atomic E-state index is 17.3. The highest BCUT2D eigenvalue weighted by Gasteiger charge is 2.50. The van der Waals surface area contributed by atoms with Gasteiger partial charge in [0.15, 0.2) is 11.6 Å². The molecule has 51 heavy (non-hydrogen) atoms. The predicted molar refractivity (Wildman–Crippen MR) is 188 cm³/mol. The zero-order valence-electron chi connectivity index (χ0n) is 27.3. The minimum absolute atomic E-state index is 0.000430. The molecule has 0 radical (unpaired) electrons. The summed E-state index contributed by atoms with van der Waals surface area (Å²) in [6.45, 7) is 2.12. The van der Waals surface area contributed by atoms with E-state index in [9.17, 15) is 18.1 Å². The third kappa shape index (κ3) is 5.13. The van der Waals surface area contributed by atoms with Gasteiger partial charge in [0, 0.05) is 43.0 Å². The van der Waals surface area contributed by atoms with Crippen LogP contribution in [0.2, 0.25) is 5.02 Å². The summed E-state index contributed by atoms with van der Waals surface area (Å²) >= 11 is 7.92. The maximum atomic E-state index is 17.3. The molecule has 0 bridgehead atoms. The number of rotatable bonds is 7. The van der Waals surface area contributed by atoms with Crippen molar-refractivity contribution in [2.45, 2.75) is 61.5 Å². The molecule has 4 aliphatic heterocycles. The summed E-state index contributed by atoms with van der Waals surface area (Å²) in [7, 11) is -3.43. The van der Waals surface area contributed by atoms with Crippen LogP contribution in [0.1, 0.15) is 44.1 Å². The van der Waals surface area contributed by atoms with E-state index in [2.05, 4.69) is 9.88 Å². The Hall–Kier alpha value is -3.62. The molecule has 3 atom stereocenters. The predicted octanol–water partition coefficient (Wildman–Crippen LogP) is 5.62. The number of halogens is 4. The highest BCUT2D eigenvalue weighted by Crippen LogP contribution is 2.51. The van der Waals surface area contributed by atoms with Crippen molar-refractivity contribution in [2.24, 2.45) is 0 Å². The van der Waals surface area contributed by atoms with Crippen molar-refractivity contribution in [2.75, 3.05) is 56.6 Å². The Balaban J connectivity index is 1.21. The van der Waals surface area contributed by atoms with Crippen LogP contribution >= 0.6 is 22.9 Å². The number of fused-ring (bicyclic) bond motifs is 2. The van der Waals surface area contributed by atoms with Crippen molar-refractivity contribution in [1.82, 2.24) is 19.2 Å². The number of alkyl halides is 1. The highest BCUT2D eigenvalue weighted by molar-refractivity contribution is 7.90. The minimum atomic E-state index is -3.43. The van der Waals surface area contributed by atoms with E-state index in [4.69, 9.17) is 31.8 Å². The lowest BCUT2D eigenvalue weighted by Crippen LogP contribution is -2.43. The van der Waals surface area contributed by atoms with Gasteiger partial charge in [0.2, 0.25) is 10.0 Å². The molecule has 6 heterocycles. The number of hydrogen-bond donors (Lipinski definition) is 1. The van der Waals surface area contributed by atoms with Crippen LogP contribution in [0, 0.1) is 23.0 Å². The largest absolute Gasteiger partial charge is 0.489 e. The Morgan fingerprint density at radius 1 is 1.16 bits per heavy atom. The number of thiophene rings is 1. The SMILES string of the molecule is N#Cc1c(N)sc2c(F)ccc(-c3c(Cl)c4c5c(nc(OC[C@@]67CCCN6CC(F)C7)nc5c3F)N(C3CCN(S(=O)(=O)C5CC5)C3)CCO4)c12. The van der Waals surface area contributed by atoms with E-state index in [1.807, 2.05) is 11.0 Å². The van der Waals surface area contributed by atoms with Gasteiger partial charge in [-0.15, -0.1) is 11.3 Å². The Kier molecular flexibility index (Phi) is 7.79. The third-order valence-corrected chi connectivity index (χ3v) is 14.8. The summed E-state index contributed by atoms with van der Waals surface area (Å²) < 4.78 is 87.4. The molecular formula is C34H33ClF3N7O4S2. The molecule has 4 aromatic rings. The Labute approximate surface area is 300 Å². The first-order chi connectivity index (χ1) is 24.5. The molecule has 2 N–H and O–H groups in total. The molecule has 5 aliphatic rings. The summed E-state index contributed by atoms with van der Waals surface area (Å²) in [5.74, 6) is -1.10. The van der Waals surface area contributed by atoms with Gasteiger partial charge in [-0.05, 0) is 50.3 Å². The Morgan fingerprint density at radius 2 is 1.98 bits per heavy atom. The molecule has 268 valence electrons. The van der Waals surface area contributed by atoms with Crippen LogP contribution in [0.4, 0.5) is 24.0 Å². The fraction of sp³-hybridized carbons (Fsp3) is 0.500. The molecule has 11 nitrogen and oxygen atoms in total. The molecule has 0 spiro atoms. The van der Waals surface area contributed by atoms with Gasteiger partial charge in [-0.3, -0.25) is 4.90 Å². The standard InChI is InChI=1S/C34H33ClF3N7O4S2/c35-26-24(20-4-5-22(37)30-23(20)21(13-39)31(40)50-30)27(38)28-25-29(26)48-11-10-45(18-6-9-44(15-18)51(46,47)19-2-3-19)32(25)42-33(41-28)49-16-34-7-1-8-43(34)14-17(36)12-34/h4-5,17-19H,1-3,6-12,14-16,40H2/t17?,18?,34-/m0/s1. The molecule has 1 saturated carbocycles. The van der Waals surface area contributed by atoms with Crippen LogP contribution in [-0.4, -0.2) is 96.5 Å². The first-order valence-electron chi connectivity index (χ1n) is 17.0. The van der Waals surface area contributed by atoms with Crippen LogP contribution in [-0.2, 0) is 10.0 Å². The van der Waals surface area contributed by atoms with E-state index >= 15 is 8.78 Å². The van der Waals surface area contributed by atoms with Crippen molar-refractivity contribution in [3.63, 3.8) is 0 Å². The quantitative estimate of drug-likeness (QED) is 0.253. The summed E-state index contributed by atoms with van der Waals surface area (Å²) in [6, 6.07) is 4.10. The molecule has 1 aliphatic carbocycles.